The van der Waals surface area contributed by atoms with Crippen molar-refractivity contribution in [2.75, 3.05) is 18.0 Å². The predicted octanol–water partition coefficient (Wildman–Crippen LogP) is 7.01. The van der Waals surface area contributed by atoms with Crippen LogP contribution < -0.4 is 4.90 Å². The molecule has 1 aromatic carbocycles. The quantitative estimate of drug-likeness (QED) is 0.242. The van der Waals surface area contributed by atoms with E-state index in [2.05, 4.69) is 72.2 Å². The lowest BCUT2D eigenvalue weighted by Gasteiger charge is -2.27. The molecule has 0 amide bonds. The average Bonchev–Trinajstić information content (AvgIpc) is 3.08. The molecular weight excluding hydrogens is 372 g/mol. The summed E-state index contributed by atoms with van der Waals surface area (Å²) in [7, 11) is 0. The van der Waals surface area contributed by atoms with Crippen LogP contribution in [-0.4, -0.2) is 22.6 Å². The molecule has 0 unspecified atom stereocenters. The van der Waals surface area contributed by atoms with Crippen LogP contribution in [0.1, 0.15) is 56.5 Å². The van der Waals surface area contributed by atoms with Gasteiger partial charge in [0.15, 0.2) is 0 Å². The highest BCUT2D eigenvalue weighted by atomic mass is 15.3. The Kier molecular flexibility index (Phi) is 8.35. The van der Waals surface area contributed by atoms with E-state index in [0.717, 1.165) is 48.4 Å². The lowest BCUT2D eigenvalue weighted by atomic mass is 9.97. The molecule has 0 saturated carbocycles. The van der Waals surface area contributed by atoms with Crippen molar-refractivity contribution in [1.82, 2.24) is 9.55 Å². The zero-order valence-electron chi connectivity index (χ0n) is 19.3. The molecule has 0 bridgehead atoms. The fourth-order valence-corrected chi connectivity index (χ4v) is 3.90. The van der Waals surface area contributed by atoms with Gasteiger partial charge in [0.25, 0.3) is 5.82 Å². The monoisotopic (exact) mass is 406 g/mol. The van der Waals surface area contributed by atoms with Gasteiger partial charge in [0.2, 0.25) is 0 Å². The zero-order chi connectivity index (χ0) is 22.3. The first-order chi connectivity index (χ1) is 14.5. The van der Waals surface area contributed by atoms with Gasteiger partial charge in [-0.15, -0.1) is 5.11 Å². The molecule has 30 heavy (non-hydrogen) atoms. The highest BCUT2D eigenvalue weighted by Crippen LogP contribution is 2.36. The Morgan fingerprint density at radius 1 is 1.20 bits per heavy atom. The van der Waals surface area contributed by atoms with E-state index in [1.807, 2.05) is 6.92 Å². The second-order valence-corrected chi connectivity index (χ2v) is 7.34. The second kappa shape index (κ2) is 10.7. The number of aryl methyl sites for hydroxylation is 2. The molecule has 6 heteroatoms. The van der Waals surface area contributed by atoms with Crippen LogP contribution in [0.4, 0.5) is 23.1 Å². The minimum absolute atomic E-state index is 0.458. The van der Waals surface area contributed by atoms with E-state index in [4.69, 9.17) is 6.57 Å². The number of nitrogens with zero attached hydrogens (tertiary/aromatic N) is 6. The molecule has 2 rings (SSSR count). The van der Waals surface area contributed by atoms with Crippen LogP contribution in [-0.2, 0) is 19.4 Å². The molecule has 0 fully saturated rings. The van der Waals surface area contributed by atoms with E-state index >= 15 is 0 Å². The fourth-order valence-electron chi connectivity index (χ4n) is 3.90. The molecule has 0 N–H and O–H groups in total. The summed E-state index contributed by atoms with van der Waals surface area (Å²) in [5.41, 5.74) is 6.51. The predicted molar refractivity (Wildman–Crippen MR) is 126 cm³/mol. The molecule has 160 valence electrons. The summed E-state index contributed by atoms with van der Waals surface area (Å²) in [5.74, 6) is 0.974. The number of anilines is 1. The summed E-state index contributed by atoms with van der Waals surface area (Å²) in [6, 6.07) is 2.23. The highest BCUT2D eigenvalue weighted by Gasteiger charge is 2.19. The number of azo groups is 1. The Hall–Kier alpha value is -2.94. The molecule has 0 aliphatic carbocycles. The number of hydrogen-bond donors (Lipinski definition) is 0. The third kappa shape index (κ3) is 4.62. The van der Waals surface area contributed by atoms with Gasteiger partial charge in [-0.2, -0.15) is 0 Å². The van der Waals surface area contributed by atoms with E-state index in [1.165, 1.54) is 11.3 Å². The molecule has 0 radical (unpaired) electrons. The van der Waals surface area contributed by atoms with Gasteiger partial charge in [0, 0.05) is 18.8 Å². The number of imidazole rings is 1. The normalized spacial score (nSPS) is 11.1. The summed E-state index contributed by atoms with van der Waals surface area (Å²) in [5, 5.41) is 9.08. The van der Waals surface area contributed by atoms with Crippen LogP contribution in [0.25, 0.3) is 4.85 Å². The highest BCUT2D eigenvalue weighted by molar-refractivity contribution is 5.68. The first-order valence-electron chi connectivity index (χ1n) is 10.8. The minimum atomic E-state index is 0.458. The van der Waals surface area contributed by atoms with E-state index < -0.39 is 0 Å². The number of allylic oxidation sites excluding steroid dienone is 1. The number of rotatable bonds is 10. The van der Waals surface area contributed by atoms with Crippen molar-refractivity contribution in [3.05, 3.63) is 52.5 Å². The van der Waals surface area contributed by atoms with E-state index in [9.17, 15) is 0 Å². The van der Waals surface area contributed by atoms with E-state index in [1.54, 1.807) is 10.6 Å². The van der Waals surface area contributed by atoms with Crippen molar-refractivity contribution in [2.45, 2.75) is 67.3 Å². The molecule has 0 aliphatic rings. The van der Waals surface area contributed by atoms with Crippen molar-refractivity contribution >= 4 is 23.1 Å². The van der Waals surface area contributed by atoms with Gasteiger partial charge in [-0.3, -0.25) is 4.57 Å². The van der Waals surface area contributed by atoms with Crippen molar-refractivity contribution in [1.29, 1.82) is 0 Å². The molecule has 1 heterocycles. The summed E-state index contributed by atoms with van der Waals surface area (Å²) in [6.07, 6.45) is 4.49. The maximum Gasteiger partial charge on any atom is 0.323 e. The zero-order valence-corrected chi connectivity index (χ0v) is 19.3. The Morgan fingerprint density at radius 2 is 1.93 bits per heavy atom. The molecule has 1 aromatic heterocycles. The number of hydrogen-bond acceptors (Lipinski definition) is 4. The van der Waals surface area contributed by atoms with Gasteiger partial charge in [-0.05, 0) is 62.8 Å². The molecule has 0 aliphatic heterocycles. The van der Waals surface area contributed by atoms with Gasteiger partial charge < -0.3 is 9.74 Å². The Morgan fingerprint density at radius 3 is 2.47 bits per heavy atom. The van der Waals surface area contributed by atoms with Gasteiger partial charge in [-0.1, -0.05) is 45.1 Å². The summed E-state index contributed by atoms with van der Waals surface area (Å²) in [4.78, 5) is 10.6. The summed E-state index contributed by atoms with van der Waals surface area (Å²) < 4.78 is 1.78. The average molecular weight is 407 g/mol. The number of benzene rings is 1. The Balaban J connectivity index is 2.57. The molecule has 2 aromatic rings. The first-order valence-corrected chi connectivity index (χ1v) is 10.8. The smallest absolute Gasteiger partial charge is 0.323 e. The van der Waals surface area contributed by atoms with Gasteiger partial charge in [-0.25, -0.2) is 4.98 Å². The van der Waals surface area contributed by atoms with Gasteiger partial charge in [0.1, 0.15) is 0 Å². The fraction of sp³-hybridized carbons (Fsp3) is 0.500. The Bertz CT molecular complexity index is 961. The molecule has 0 atom stereocenters. The lowest BCUT2D eigenvalue weighted by Crippen LogP contribution is -2.25. The summed E-state index contributed by atoms with van der Waals surface area (Å²) >= 11 is 0. The molecule has 6 nitrogen and oxygen atoms in total. The minimum Gasteiger partial charge on any atom is -0.372 e. The van der Waals surface area contributed by atoms with Crippen molar-refractivity contribution in [3.8, 4) is 0 Å². The van der Waals surface area contributed by atoms with Crippen LogP contribution >= 0.6 is 0 Å². The largest absolute Gasteiger partial charge is 0.372 e. The SMILES string of the molecule is [C-]#[N+]c1c(CC)nc(N=Nc2c(C)cc(N(CC)CCC)c(CC)c2C)n1CC=C. The third-order valence-corrected chi connectivity index (χ3v) is 5.40. The third-order valence-electron chi connectivity index (χ3n) is 5.40. The topological polar surface area (TPSA) is 50.1 Å². The van der Waals surface area contributed by atoms with Gasteiger partial charge in [0.05, 0.1) is 17.9 Å². The first kappa shape index (κ1) is 23.3. The standard InChI is InChI=1S/C24H34N6/c1-9-14-29(13-5)21-16-17(6)22(18(7)19(21)11-3)27-28-24-26-20(12-4)23(25-8)30(24)15-10-2/h10,16H,2,9,11-15H2,1,3-7H3. The van der Waals surface area contributed by atoms with Crippen LogP contribution in [0.15, 0.2) is 28.9 Å². The van der Waals surface area contributed by atoms with Crippen LogP contribution in [0.3, 0.4) is 0 Å². The van der Waals surface area contributed by atoms with Crippen LogP contribution in [0.5, 0.6) is 0 Å². The van der Waals surface area contributed by atoms with Crippen LogP contribution in [0.2, 0.25) is 0 Å². The lowest BCUT2D eigenvalue weighted by molar-refractivity contribution is 0.784. The molecular formula is C24H34N6. The number of aromatic nitrogens is 2. The van der Waals surface area contributed by atoms with Crippen molar-refractivity contribution < 1.29 is 0 Å². The second-order valence-electron chi connectivity index (χ2n) is 7.34. The van der Waals surface area contributed by atoms with E-state index in [0.29, 0.717) is 24.7 Å². The molecule has 0 spiro atoms. The van der Waals surface area contributed by atoms with Gasteiger partial charge >= 0.3 is 5.95 Å². The maximum absolute atomic E-state index is 7.51. The van der Waals surface area contributed by atoms with Crippen molar-refractivity contribution in [2.24, 2.45) is 10.2 Å². The maximum atomic E-state index is 7.51. The van der Waals surface area contributed by atoms with Crippen LogP contribution in [0, 0.1) is 20.4 Å². The summed E-state index contributed by atoms with van der Waals surface area (Å²) in [6.45, 7) is 26.6. The Labute approximate surface area is 181 Å². The van der Waals surface area contributed by atoms with Crippen molar-refractivity contribution in [3.63, 3.8) is 0 Å². The van der Waals surface area contributed by atoms with E-state index in [-0.39, 0.29) is 0 Å². The molecule has 0 saturated heterocycles.